The predicted molar refractivity (Wildman–Crippen MR) is 142 cm³/mol. The van der Waals surface area contributed by atoms with Crippen molar-refractivity contribution in [2.24, 2.45) is 5.92 Å². The van der Waals surface area contributed by atoms with E-state index < -0.39 is 15.7 Å². The van der Waals surface area contributed by atoms with Crippen LogP contribution in [0.3, 0.4) is 0 Å². The highest BCUT2D eigenvalue weighted by atomic mass is 35.5. The predicted octanol–water partition coefficient (Wildman–Crippen LogP) is 4.13. The molecule has 1 saturated heterocycles. The normalized spacial score (nSPS) is 21.3. The molecule has 198 valence electrons. The molecule has 0 amide bonds. The Labute approximate surface area is 217 Å². The maximum atomic E-state index is 14.5. The molecule has 2 aromatic rings. The van der Waals surface area contributed by atoms with E-state index in [0.29, 0.717) is 47.1 Å². The highest BCUT2D eigenvalue weighted by molar-refractivity contribution is 7.90. The molecule has 36 heavy (non-hydrogen) atoms. The minimum absolute atomic E-state index is 0.160. The molecular weight excluding hydrogens is 505 g/mol. The molecule has 2 aromatic heterocycles. The molecule has 0 bridgehead atoms. The van der Waals surface area contributed by atoms with Crippen LogP contribution in [0.15, 0.2) is 24.4 Å². The van der Waals surface area contributed by atoms with E-state index in [4.69, 9.17) is 16.3 Å². The number of pyridine rings is 2. The lowest BCUT2D eigenvalue weighted by atomic mass is 9.91. The minimum atomic E-state index is -2.95. The highest BCUT2D eigenvalue weighted by Crippen LogP contribution is 2.31. The van der Waals surface area contributed by atoms with Gasteiger partial charge in [-0.25, -0.2) is 22.8 Å². The van der Waals surface area contributed by atoms with Gasteiger partial charge in [0.05, 0.1) is 16.5 Å². The number of hydrogen-bond donors (Lipinski definition) is 3. The number of hydrogen-bond acceptors (Lipinski definition) is 8. The maximum Gasteiger partial charge on any atom is 0.165 e. The lowest BCUT2D eigenvalue weighted by Crippen LogP contribution is -2.38. The van der Waals surface area contributed by atoms with Crippen molar-refractivity contribution in [2.75, 3.05) is 48.9 Å². The molecule has 2 aliphatic rings. The van der Waals surface area contributed by atoms with Crippen molar-refractivity contribution in [2.45, 2.75) is 50.6 Å². The van der Waals surface area contributed by atoms with Crippen LogP contribution in [0.2, 0.25) is 5.02 Å². The molecule has 1 saturated carbocycles. The SMILES string of the molecule is CS(=O)(=O)CCN[C@H]1CC[C@H](Nc2cc(-c3ccc(F)c(NCC4CCOCC4)n3)c(Cl)cn2)CC1. The van der Waals surface area contributed by atoms with Crippen LogP contribution >= 0.6 is 11.6 Å². The fraction of sp³-hybridized carbons (Fsp3) is 0.600. The quantitative estimate of drug-likeness (QED) is 0.414. The molecule has 1 aliphatic heterocycles. The van der Waals surface area contributed by atoms with Crippen LogP contribution in [-0.4, -0.2) is 68.8 Å². The first-order chi connectivity index (χ1) is 17.3. The number of anilines is 2. The van der Waals surface area contributed by atoms with Gasteiger partial charge >= 0.3 is 0 Å². The van der Waals surface area contributed by atoms with Gasteiger partial charge in [-0.05, 0) is 62.6 Å². The van der Waals surface area contributed by atoms with Gasteiger partial charge in [-0.1, -0.05) is 11.6 Å². The lowest BCUT2D eigenvalue weighted by Gasteiger charge is -2.30. The van der Waals surface area contributed by atoms with Gasteiger partial charge in [-0.2, -0.15) is 0 Å². The fourth-order valence-corrected chi connectivity index (χ4v) is 5.41. The van der Waals surface area contributed by atoms with E-state index in [-0.39, 0.29) is 17.6 Å². The number of sulfone groups is 1. The number of nitrogens with zero attached hydrogens (tertiary/aromatic N) is 2. The molecule has 0 atom stereocenters. The van der Waals surface area contributed by atoms with E-state index in [1.807, 2.05) is 6.07 Å². The van der Waals surface area contributed by atoms with Gasteiger partial charge in [0, 0.05) is 56.4 Å². The van der Waals surface area contributed by atoms with E-state index >= 15 is 0 Å². The van der Waals surface area contributed by atoms with Crippen molar-refractivity contribution >= 4 is 33.1 Å². The van der Waals surface area contributed by atoms with Gasteiger partial charge in [-0.3, -0.25) is 0 Å². The summed E-state index contributed by atoms with van der Waals surface area (Å²) in [4.78, 5) is 8.96. The van der Waals surface area contributed by atoms with Crippen LogP contribution in [0, 0.1) is 11.7 Å². The van der Waals surface area contributed by atoms with E-state index in [0.717, 1.165) is 51.7 Å². The van der Waals surface area contributed by atoms with E-state index in [1.165, 1.54) is 12.3 Å². The Morgan fingerprint density at radius 3 is 2.56 bits per heavy atom. The summed E-state index contributed by atoms with van der Waals surface area (Å²) in [5, 5.41) is 10.5. The standard InChI is InChI=1S/C25H35ClFN5O3S/c1-36(33,34)13-10-28-18-2-4-19(5-3-18)31-24-14-20(21(26)16-29-24)23-7-6-22(27)25(32-23)30-15-17-8-11-35-12-9-17/h6-7,14,16-19,28H,2-5,8-13,15H2,1H3,(H,29,31)(H,30,32)/t18-,19-. The van der Waals surface area contributed by atoms with Crippen molar-refractivity contribution in [3.63, 3.8) is 0 Å². The molecule has 2 fully saturated rings. The van der Waals surface area contributed by atoms with Crippen molar-refractivity contribution in [1.29, 1.82) is 0 Å². The van der Waals surface area contributed by atoms with Crippen molar-refractivity contribution in [3.8, 4) is 11.3 Å². The van der Waals surface area contributed by atoms with Crippen molar-refractivity contribution in [3.05, 3.63) is 35.2 Å². The van der Waals surface area contributed by atoms with Crippen LogP contribution in [-0.2, 0) is 14.6 Å². The van der Waals surface area contributed by atoms with Crippen LogP contribution in [0.25, 0.3) is 11.3 Å². The van der Waals surface area contributed by atoms with Gasteiger partial charge in [0.2, 0.25) is 0 Å². The van der Waals surface area contributed by atoms with Gasteiger partial charge in [0.1, 0.15) is 15.7 Å². The summed E-state index contributed by atoms with van der Waals surface area (Å²) in [6, 6.07) is 5.50. The molecule has 0 spiro atoms. The summed E-state index contributed by atoms with van der Waals surface area (Å²) in [5.41, 5.74) is 1.28. The molecular formula is C25H35ClFN5O3S. The molecule has 0 radical (unpaired) electrons. The summed E-state index contributed by atoms with van der Waals surface area (Å²) in [5.74, 6) is 1.13. The van der Waals surface area contributed by atoms with Gasteiger partial charge < -0.3 is 20.7 Å². The number of aromatic nitrogens is 2. The van der Waals surface area contributed by atoms with Gasteiger partial charge in [0.15, 0.2) is 11.6 Å². The van der Waals surface area contributed by atoms with Crippen LogP contribution < -0.4 is 16.0 Å². The second-order valence-corrected chi connectivity index (χ2v) is 12.5. The summed E-state index contributed by atoms with van der Waals surface area (Å²) in [6.45, 7) is 2.62. The zero-order valence-corrected chi connectivity index (χ0v) is 22.2. The molecule has 4 rings (SSSR count). The topological polar surface area (TPSA) is 105 Å². The van der Waals surface area contributed by atoms with Gasteiger partial charge in [-0.15, -0.1) is 0 Å². The average Bonchev–Trinajstić information content (AvgIpc) is 2.86. The number of ether oxygens (including phenoxy) is 1. The van der Waals surface area contributed by atoms with Crippen LogP contribution in [0.5, 0.6) is 0 Å². The maximum absolute atomic E-state index is 14.5. The first-order valence-corrected chi connectivity index (χ1v) is 15.0. The molecule has 3 heterocycles. The summed E-state index contributed by atoms with van der Waals surface area (Å²) >= 11 is 6.45. The van der Waals surface area contributed by atoms with Crippen LogP contribution in [0.1, 0.15) is 38.5 Å². The molecule has 3 N–H and O–H groups in total. The lowest BCUT2D eigenvalue weighted by molar-refractivity contribution is 0.0699. The van der Waals surface area contributed by atoms with E-state index in [1.54, 1.807) is 12.3 Å². The first-order valence-electron chi connectivity index (χ1n) is 12.6. The molecule has 11 heteroatoms. The third-order valence-corrected chi connectivity index (χ3v) is 8.11. The Balaban J connectivity index is 1.35. The smallest absolute Gasteiger partial charge is 0.165 e. The average molecular weight is 540 g/mol. The molecule has 0 aromatic carbocycles. The third-order valence-electron chi connectivity index (χ3n) is 6.86. The Morgan fingerprint density at radius 1 is 1.11 bits per heavy atom. The summed E-state index contributed by atoms with van der Waals surface area (Å²) in [7, 11) is -2.95. The van der Waals surface area contributed by atoms with E-state index in [2.05, 4.69) is 25.9 Å². The van der Waals surface area contributed by atoms with Crippen molar-refractivity contribution < 1.29 is 17.5 Å². The number of nitrogens with one attached hydrogen (secondary N) is 3. The number of halogens is 2. The highest BCUT2D eigenvalue weighted by Gasteiger charge is 2.22. The molecule has 0 unspecified atom stereocenters. The minimum Gasteiger partial charge on any atom is -0.381 e. The summed E-state index contributed by atoms with van der Waals surface area (Å²) < 4.78 is 42.5. The Bertz CT molecular complexity index is 1120. The zero-order chi connectivity index (χ0) is 25.5. The third kappa shape index (κ3) is 7.99. The Hall–Kier alpha value is -2.01. The van der Waals surface area contributed by atoms with Gasteiger partial charge in [0.25, 0.3) is 0 Å². The van der Waals surface area contributed by atoms with Crippen molar-refractivity contribution in [1.82, 2.24) is 15.3 Å². The largest absolute Gasteiger partial charge is 0.381 e. The fourth-order valence-electron chi connectivity index (χ4n) is 4.72. The molecule has 1 aliphatic carbocycles. The number of rotatable bonds is 10. The van der Waals surface area contributed by atoms with E-state index in [9.17, 15) is 12.8 Å². The second kappa shape index (κ2) is 12.5. The monoisotopic (exact) mass is 539 g/mol. The second-order valence-electron chi connectivity index (χ2n) is 9.79. The Morgan fingerprint density at radius 2 is 1.83 bits per heavy atom. The first kappa shape index (κ1) is 27.0. The molecule has 8 nitrogen and oxygen atoms in total. The zero-order valence-electron chi connectivity index (χ0n) is 20.6. The summed E-state index contributed by atoms with van der Waals surface area (Å²) in [6.07, 6.45) is 8.59. The Kier molecular flexibility index (Phi) is 9.38. The van der Waals surface area contributed by atoms with Crippen LogP contribution in [0.4, 0.5) is 16.0 Å².